The van der Waals surface area contributed by atoms with Gasteiger partial charge in [-0.05, 0) is 25.7 Å². The van der Waals surface area contributed by atoms with Gasteiger partial charge in [0.15, 0.2) is 0 Å². The Balaban J connectivity index is 2.97. The van der Waals surface area contributed by atoms with Crippen LogP contribution >= 0.6 is 0 Å². The average Bonchev–Trinajstić information content (AvgIpc) is 2.68. The smallest absolute Gasteiger partial charge is 0.392 e. The number of esters is 1. The van der Waals surface area contributed by atoms with Crippen LogP contribution in [0.1, 0.15) is 25.5 Å². The Hall–Kier alpha value is -1.92. The van der Waals surface area contributed by atoms with E-state index in [1.807, 2.05) is 0 Å². The molecule has 1 heterocycles. The van der Waals surface area contributed by atoms with Gasteiger partial charge in [0, 0.05) is 0 Å². The Kier molecular flexibility index (Phi) is 3.82. The molecule has 0 radical (unpaired) electrons. The van der Waals surface area contributed by atoms with Crippen molar-refractivity contribution in [1.82, 2.24) is 9.78 Å². The molecule has 0 aliphatic rings. The second kappa shape index (κ2) is 4.94. The van der Waals surface area contributed by atoms with E-state index < -0.39 is 10.8 Å². The molecule has 0 N–H and O–H groups in total. The zero-order valence-corrected chi connectivity index (χ0v) is 10.2. The van der Waals surface area contributed by atoms with Crippen molar-refractivity contribution in [3.63, 3.8) is 0 Å². The summed E-state index contributed by atoms with van der Waals surface area (Å²) in [7, 11) is 1.31. The van der Waals surface area contributed by atoms with Crippen LogP contribution in [0.4, 0.5) is 5.82 Å². The minimum absolute atomic E-state index is 0.186. The molecule has 94 valence electrons. The molecule has 7 nitrogen and oxygen atoms in total. The third-order valence-corrected chi connectivity index (χ3v) is 2.78. The molecule has 2 atom stereocenters. The lowest BCUT2D eigenvalue weighted by atomic mass is 10.0. The highest BCUT2D eigenvalue weighted by Crippen LogP contribution is 2.22. The number of aryl methyl sites for hydroxylation is 1. The number of carbonyl (C=O) groups excluding carboxylic acids is 1. The Morgan fingerprint density at radius 3 is 2.59 bits per heavy atom. The predicted molar refractivity (Wildman–Crippen MR) is 59.5 cm³/mol. The van der Waals surface area contributed by atoms with Gasteiger partial charge in [-0.2, -0.15) is 4.68 Å². The third kappa shape index (κ3) is 2.61. The fourth-order valence-electron chi connectivity index (χ4n) is 1.47. The van der Waals surface area contributed by atoms with E-state index in [-0.39, 0.29) is 17.8 Å². The Morgan fingerprint density at radius 1 is 1.59 bits per heavy atom. The van der Waals surface area contributed by atoms with Gasteiger partial charge in [-0.15, -0.1) is 0 Å². The molecule has 1 rings (SSSR count). The number of ether oxygens (including phenoxy) is 1. The molecule has 0 bridgehead atoms. The molecule has 2 unspecified atom stereocenters. The summed E-state index contributed by atoms with van der Waals surface area (Å²) in [6.45, 7) is 5.06. The first-order chi connectivity index (χ1) is 7.88. The molecule has 0 aliphatic heterocycles. The van der Waals surface area contributed by atoms with Crippen molar-refractivity contribution in [2.24, 2.45) is 5.92 Å². The minimum atomic E-state index is -0.540. The van der Waals surface area contributed by atoms with Crippen molar-refractivity contribution in [2.45, 2.75) is 26.8 Å². The summed E-state index contributed by atoms with van der Waals surface area (Å²) >= 11 is 0. The topological polar surface area (TPSA) is 87.3 Å². The number of rotatable bonds is 4. The number of aromatic nitrogens is 2. The molecule has 0 spiro atoms. The summed E-state index contributed by atoms with van der Waals surface area (Å²) in [6, 6.07) is -0.296. The van der Waals surface area contributed by atoms with Crippen molar-refractivity contribution in [2.75, 3.05) is 7.11 Å². The van der Waals surface area contributed by atoms with Crippen LogP contribution in [0.5, 0.6) is 0 Å². The third-order valence-electron chi connectivity index (χ3n) is 2.78. The number of hydrogen-bond donors (Lipinski definition) is 0. The first kappa shape index (κ1) is 13.1. The largest absolute Gasteiger partial charge is 0.469 e. The van der Waals surface area contributed by atoms with Crippen LogP contribution in [-0.2, 0) is 9.53 Å². The average molecular weight is 241 g/mol. The van der Waals surface area contributed by atoms with Crippen LogP contribution in [0, 0.1) is 23.0 Å². The van der Waals surface area contributed by atoms with E-state index in [1.54, 1.807) is 27.0 Å². The number of nitrogens with zero attached hydrogens (tertiary/aromatic N) is 3. The van der Waals surface area contributed by atoms with Crippen molar-refractivity contribution in [3.8, 4) is 0 Å². The van der Waals surface area contributed by atoms with E-state index >= 15 is 0 Å². The van der Waals surface area contributed by atoms with Crippen LogP contribution < -0.4 is 0 Å². The minimum Gasteiger partial charge on any atom is -0.469 e. The highest BCUT2D eigenvalue weighted by molar-refractivity contribution is 5.72. The van der Waals surface area contributed by atoms with Gasteiger partial charge in [-0.1, -0.05) is 0 Å². The van der Waals surface area contributed by atoms with Gasteiger partial charge in [-0.3, -0.25) is 4.79 Å². The highest BCUT2D eigenvalue weighted by Gasteiger charge is 2.27. The maximum atomic E-state index is 11.4. The van der Waals surface area contributed by atoms with Crippen molar-refractivity contribution < 1.29 is 14.5 Å². The van der Waals surface area contributed by atoms with Gasteiger partial charge in [0.1, 0.15) is 0 Å². The monoisotopic (exact) mass is 241 g/mol. The van der Waals surface area contributed by atoms with Gasteiger partial charge in [-0.25, -0.2) is 0 Å². The van der Waals surface area contributed by atoms with Crippen molar-refractivity contribution in [3.05, 3.63) is 21.9 Å². The van der Waals surface area contributed by atoms with Gasteiger partial charge in [0.05, 0.1) is 35.9 Å². The SMILES string of the molecule is COC(=O)C(C)C(C)n1cc(C)c([N+](=O)[O-])n1. The van der Waals surface area contributed by atoms with Crippen LogP contribution in [-0.4, -0.2) is 27.8 Å². The van der Waals surface area contributed by atoms with Crippen molar-refractivity contribution in [1.29, 1.82) is 0 Å². The maximum absolute atomic E-state index is 11.4. The predicted octanol–water partition coefficient (Wildman–Crippen LogP) is 1.47. The Labute approximate surface area is 98.5 Å². The molecule has 1 aromatic rings. The van der Waals surface area contributed by atoms with Gasteiger partial charge >= 0.3 is 11.8 Å². The molecular formula is C10H15N3O4. The second-order valence-electron chi connectivity index (χ2n) is 3.93. The maximum Gasteiger partial charge on any atom is 0.392 e. The number of methoxy groups -OCH3 is 1. The summed E-state index contributed by atoms with van der Waals surface area (Å²) < 4.78 is 6.05. The summed E-state index contributed by atoms with van der Waals surface area (Å²) in [5.41, 5.74) is 0.471. The number of carbonyl (C=O) groups is 1. The fraction of sp³-hybridized carbons (Fsp3) is 0.600. The second-order valence-corrected chi connectivity index (χ2v) is 3.93. The lowest BCUT2D eigenvalue weighted by Crippen LogP contribution is -2.23. The zero-order valence-electron chi connectivity index (χ0n) is 10.2. The van der Waals surface area contributed by atoms with Crippen LogP contribution in [0.2, 0.25) is 0 Å². The van der Waals surface area contributed by atoms with E-state index in [4.69, 9.17) is 0 Å². The summed E-state index contributed by atoms with van der Waals surface area (Å²) in [5, 5.41) is 14.5. The number of hydrogen-bond acceptors (Lipinski definition) is 5. The summed E-state index contributed by atoms with van der Waals surface area (Å²) in [6.07, 6.45) is 1.56. The Morgan fingerprint density at radius 2 is 2.18 bits per heavy atom. The Bertz CT molecular complexity index is 441. The van der Waals surface area contributed by atoms with Crippen LogP contribution in [0.3, 0.4) is 0 Å². The first-order valence-electron chi connectivity index (χ1n) is 5.16. The zero-order chi connectivity index (χ0) is 13.2. The molecule has 7 heteroatoms. The van der Waals surface area contributed by atoms with Crippen LogP contribution in [0.25, 0.3) is 0 Å². The molecule has 0 aromatic carbocycles. The molecular weight excluding hydrogens is 226 g/mol. The van der Waals surface area contributed by atoms with Gasteiger partial charge in [0.25, 0.3) is 0 Å². The quantitative estimate of drug-likeness (QED) is 0.452. The summed E-state index contributed by atoms with van der Waals surface area (Å²) in [4.78, 5) is 21.5. The van der Waals surface area contributed by atoms with E-state index in [0.717, 1.165) is 0 Å². The lowest BCUT2D eigenvalue weighted by molar-refractivity contribution is -0.390. The van der Waals surface area contributed by atoms with E-state index in [1.165, 1.54) is 11.8 Å². The molecule has 0 saturated heterocycles. The normalized spacial score (nSPS) is 14.1. The summed E-state index contributed by atoms with van der Waals surface area (Å²) in [5.74, 6) is -0.971. The van der Waals surface area contributed by atoms with Gasteiger partial charge in [0.2, 0.25) is 0 Å². The highest BCUT2D eigenvalue weighted by atomic mass is 16.6. The molecule has 0 fully saturated rings. The first-order valence-corrected chi connectivity index (χ1v) is 5.16. The molecule has 0 aliphatic carbocycles. The van der Waals surface area contributed by atoms with E-state index in [2.05, 4.69) is 9.84 Å². The molecule has 17 heavy (non-hydrogen) atoms. The van der Waals surface area contributed by atoms with E-state index in [0.29, 0.717) is 5.56 Å². The van der Waals surface area contributed by atoms with E-state index in [9.17, 15) is 14.9 Å². The molecule has 0 amide bonds. The molecule has 0 saturated carbocycles. The van der Waals surface area contributed by atoms with Crippen molar-refractivity contribution >= 4 is 11.8 Å². The number of nitro groups is 1. The molecule has 1 aromatic heterocycles. The fourth-order valence-corrected chi connectivity index (χ4v) is 1.47. The lowest BCUT2D eigenvalue weighted by Gasteiger charge is -2.15. The standard InChI is InChI=1S/C10H15N3O4/c1-6-5-12(11-9(6)13(15)16)8(3)7(2)10(14)17-4/h5,7-8H,1-4H3. The van der Waals surface area contributed by atoms with Gasteiger partial charge < -0.3 is 14.9 Å². The van der Waals surface area contributed by atoms with Crippen LogP contribution in [0.15, 0.2) is 6.20 Å².